The Bertz CT molecular complexity index is 904. The minimum Gasteiger partial charge on any atom is -0.480 e. The van der Waals surface area contributed by atoms with Crippen molar-refractivity contribution in [1.29, 1.82) is 0 Å². The van der Waals surface area contributed by atoms with Gasteiger partial charge in [0.1, 0.15) is 12.3 Å². The summed E-state index contributed by atoms with van der Waals surface area (Å²) < 4.78 is 32.7. The van der Waals surface area contributed by atoms with Crippen molar-refractivity contribution in [3.63, 3.8) is 0 Å². The van der Waals surface area contributed by atoms with Crippen molar-refractivity contribution in [2.45, 2.75) is 44.0 Å². The van der Waals surface area contributed by atoms with Gasteiger partial charge in [-0.2, -0.15) is 4.31 Å². The molecular formula is C17H20N2O5S. The molecule has 0 radical (unpaired) electrons. The highest BCUT2D eigenvalue weighted by Gasteiger charge is 2.38. The Balaban J connectivity index is 2.06. The van der Waals surface area contributed by atoms with Crippen molar-refractivity contribution in [2.75, 3.05) is 6.54 Å². The Morgan fingerprint density at radius 3 is 2.72 bits per heavy atom. The number of carboxylic acids is 1. The van der Waals surface area contributed by atoms with E-state index in [1.807, 2.05) is 0 Å². The number of sulfonamides is 1. The number of aromatic nitrogens is 1. The summed E-state index contributed by atoms with van der Waals surface area (Å²) in [5.74, 6) is -0.775. The van der Waals surface area contributed by atoms with Crippen LogP contribution in [-0.2, 0) is 14.8 Å². The smallest absolute Gasteiger partial charge is 0.322 e. The molecule has 1 aromatic carbocycles. The van der Waals surface area contributed by atoms with Crippen LogP contribution in [0, 0.1) is 13.8 Å². The topological polar surface area (TPSA) is 101 Å². The highest BCUT2D eigenvalue weighted by Crippen LogP contribution is 2.30. The summed E-state index contributed by atoms with van der Waals surface area (Å²) in [6, 6.07) is 3.90. The Morgan fingerprint density at radius 1 is 1.32 bits per heavy atom. The molecule has 1 N–H and O–H groups in total. The molecule has 0 aliphatic carbocycles. The van der Waals surface area contributed by atoms with E-state index in [0.29, 0.717) is 42.0 Å². The zero-order chi connectivity index (χ0) is 18.2. The molecule has 25 heavy (non-hydrogen) atoms. The van der Waals surface area contributed by atoms with Crippen LogP contribution in [0.3, 0.4) is 0 Å². The van der Waals surface area contributed by atoms with E-state index in [-0.39, 0.29) is 11.4 Å². The van der Waals surface area contributed by atoms with Gasteiger partial charge in [0.05, 0.1) is 10.6 Å². The van der Waals surface area contributed by atoms with Crippen molar-refractivity contribution >= 4 is 16.0 Å². The normalized spacial score (nSPS) is 19.0. The van der Waals surface area contributed by atoms with Gasteiger partial charge in [-0.15, -0.1) is 0 Å². The van der Waals surface area contributed by atoms with E-state index in [4.69, 9.17) is 4.42 Å². The molecule has 2 heterocycles. The molecule has 1 atom stereocenters. The first-order valence-corrected chi connectivity index (χ1v) is 9.52. The highest BCUT2D eigenvalue weighted by molar-refractivity contribution is 7.89. The molecule has 7 nitrogen and oxygen atoms in total. The maximum absolute atomic E-state index is 13.1. The number of hydrogen-bond donors (Lipinski definition) is 1. The van der Waals surface area contributed by atoms with Crippen LogP contribution in [0.4, 0.5) is 0 Å². The Kier molecular flexibility index (Phi) is 4.66. The lowest BCUT2D eigenvalue weighted by atomic mass is 10.1. The standard InChI is InChI=1S/C17H20N2O5S/c1-11-6-7-13(16-18-12(2)10-24-16)9-15(11)25(22,23)19-8-4-3-5-14(19)17(20)21/h6-7,9-10,14H,3-5,8H2,1-2H3,(H,20,21). The third-order valence-corrected chi connectivity index (χ3v) is 6.43. The number of nitrogens with zero attached hydrogens (tertiary/aromatic N) is 2. The lowest BCUT2D eigenvalue weighted by Gasteiger charge is -2.32. The summed E-state index contributed by atoms with van der Waals surface area (Å²) in [6.45, 7) is 3.68. The second-order valence-electron chi connectivity index (χ2n) is 6.24. The van der Waals surface area contributed by atoms with E-state index in [1.165, 1.54) is 12.3 Å². The number of aliphatic carboxylic acids is 1. The largest absolute Gasteiger partial charge is 0.480 e. The average Bonchev–Trinajstić information content (AvgIpc) is 3.01. The number of rotatable bonds is 4. The van der Waals surface area contributed by atoms with Crippen molar-refractivity contribution in [3.05, 3.63) is 35.7 Å². The van der Waals surface area contributed by atoms with Gasteiger partial charge >= 0.3 is 5.97 Å². The molecule has 0 spiro atoms. The number of oxazole rings is 1. The summed E-state index contributed by atoms with van der Waals surface area (Å²) in [7, 11) is -3.93. The van der Waals surface area contributed by atoms with E-state index in [1.54, 1.807) is 26.0 Å². The zero-order valence-electron chi connectivity index (χ0n) is 14.1. The maximum Gasteiger partial charge on any atom is 0.322 e. The number of benzene rings is 1. The monoisotopic (exact) mass is 364 g/mol. The second kappa shape index (κ2) is 6.61. The fourth-order valence-corrected chi connectivity index (χ4v) is 4.97. The molecule has 1 aromatic heterocycles. The van der Waals surface area contributed by atoms with Crippen molar-refractivity contribution in [3.8, 4) is 11.5 Å². The first kappa shape index (κ1) is 17.6. The van der Waals surface area contributed by atoms with Gasteiger partial charge in [0.15, 0.2) is 0 Å². The summed E-state index contributed by atoms with van der Waals surface area (Å²) in [6.07, 6.45) is 3.18. The van der Waals surface area contributed by atoms with Gasteiger partial charge < -0.3 is 9.52 Å². The third kappa shape index (κ3) is 3.32. The van der Waals surface area contributed by atoms with E-state index in [0.717, 1.165) is 4.31 Å². The Labute approximate surface area is 146 Å². The van der Waals surface area contributed by atoms with Gasteiger partial charge in [0.25, 0.3) is 0 Å². The molecule has 1 aliphatic heterocycles. The van der Waals surface area contributed by atoms with Gasteiger partial charge in [-0.3, -0.25) is 4.79 Å². The average molecular weight is 364 g/mol. The lowest BCUT2D eigenvalue weighted by Crippen LogP contribution is -2.47. The van der Waals surface area contributed by atoms with Crippen molar-refractivity contribution in [1.82, 2.24) is 9.29 Å². The van der Waals surface area contributed by atoms with Crippen LogP contribution in [0.1, 0.15) is 30.5 Å². The maximum atomic E-state index is 13.1. The number of aryl methyl sites for hydroxylation is 2. The SMILES string of the molecule is Cc1coc(-c2ccc(C)c(S(=O)(=O)N3CCCCC3C(=O)O)c2)n1. The van der Waals surface area contributed by atoms with Gasteiger partial charge in [-0.1, -0.05) is 6.07 Å². The van der Waals surface area contributed by atoms with Crippen molar-refractivity contribution < 1.29 is 22.7 Å². The van der Waals surface area contributed by atoms with E-state index in [9.17, 15) is 18.3 Å². The van der Waals surface area contributed by atoms with E-state index >= 15 is 0 Å². The first-order chi connectivity index (χ1) is 11.8. The minimum atomic E-state index is -3.93. The number of carbonyl (C=O) groups is 1. The molecule has 8 heteroatoms. The molecule has 1 fully saturated rings. The molecule has 1 unspecified atom stereocenters. The molecule has 2 aromatic rings. The van der Waals surface area contributed by atoms with E-state index < -0.39 is 22.0 Å². The van der Waals surface area contributed by atoms with Gasteiger partial charge in [0.2, 0.25) is 15.9 Å². The molecule has 3 rings (SSSR count). The fraction of sp³-hybridized carbons (Fsp3) is 0.412. The quantitative estimate of drug-likeness (QED) is 0.895. The third-order valence-electron chi connectivity index (χ3n) is 4.38. The molecular weight excluding hydrogens is 344 g/mol. The molecule has 0 saturated carbocycles. The predicted molar refractivity (Wildman–Crippen MR) is 90.6 cm³/mol. The van der Waals surface area contributed by atoms with Gasteiger partial charge in [0, 0.05) is 12.1 Å². The highest BCUT2D eigenvalue weighted by atomic mass is 32.2. The molecule has 0 amide bonds. The van der Waals surface area contributed by atoms with E-state index in [2.05, 4.69) is 4.98 Å². The summed E-state index contributed by atoms with van der Waals surface area (Å²) >= 11 is 0. The number of piperidine rings is 1. The lowest BCUT2D eigenvalue weighted by molar-refractivity contribution is -0.142. The summed E-state index contributed by atoms with van der Waals surface area (Å²) in [4.78, 5) is 15.8. The van der Waals surface area contributed by atoms with Crippen LogP contribution in [0.25, 0.3) is 11.5 Å². The molecule has 134 valence electrons. The predicted octanol–water partition coefficient (Wildman–Crippen LogP) is 2.59. The van der Waals surface area contributed by atoms with Gasteiger partial charge in [-0.25, -0.2) is 13.4 Å². The molecule has 1 saturated heterocycles. The zero-order valence-corrected chi connectivity index (χ0v) is 14.9. The van der Waals surface area contributed by atoms with Crippen LogP contribution in [0.15, 0.2) is 33.8 Å². The summed E-state index contributed by atoms with van der Waals surface area (Å²) in [5.41, 5.74) is 1.80. The second-order valence-corrected chi connectivity index (χ2v) is 8.10. The minimum absolute atomic E-state index is 0.0917. The molecule has 0 bridgehead atoms. The van der Waals surface area contributed by atoms with Crippen LogP contribution >= 0.6 is 0 Å². The summed E-state index contributed by atoms with van der Waals surface area (Å²) in [5, 5.41) is 9.39. The van der Waals surface area contributed by atoms with Crippen LogP contribution < -0.4 is 0 Å². The van der Waals surface area contributed by atoms with Crippen molar-refractivity contribution in [2.24, 2.45) is 0 Å². The van der Waals surface area contributed by atoms with Crippen LogP contribution in [-0.4, -0.2) is 41.4 Å². The Hall–Kier alpha value is -2.19. The molecule has 1 aliphatic rings. The van der Waals surface area contributed by atoms with Crippen LogP contribution in [0.2, 0.25) is 0 Å². The van der Waals surface area contributed by atoms with Crippen LogP contribution in [0.5, 0.6) is 0 Å². The Morgan fingerprint density at radius 2 is 2.08 bits per heavy atom. The number of hydrogen-bond acceptors (Lipinski definition) is 5. The first-order valence-electron chi connectivity index (χ1n) is 8.08. The van der Waals surface area contributed by atoms with Gasteiger partial charge in [-0.05, 0) is 50.8 Å². The fourth-order valence-electron chi connectivity index (χ4n) is 3.06. The number of carboxylic acid groups (broad SMARTS) is 1.